The van der Waals surface area contributed by atoms with Gasteiger partial charge in [0.15, 0.2) is 0 Å². The zero-order valence-corrected chi connectivity index (χ0v) is 19.7. The maximum absolute atomic E-state index is 13.2. The van der Waals surface area contributed by atoms with Crippen LogP contribution in [-0.2, 0) is 21.7 Å². The van der Waals surface area contributed by atoms with Crippen molar-refractivity contribution in [3.63, 3.8) is 0 Å². The summed E-state index contributed by atoms with van der Waals surface area (Å²) in [5.74, 6) is -2.31. The number of methoxy groups -OCH3 is 1. The first-order valence-electron chi connectivity index (χ1n) is 10.9. The zero-order chi connectivity index (χ0) is 23.8. The van der Waals surface area contributed by atoms with E-state index in [4.69, 9.17) is 9.47 Å². The summed E-state index contributed by atoms with van der Waals surface area (Å²) in [5.41, 5.74) is 3.73. The van der Waals surface area contributed by atoms with Crippen molar-refractivity contribution in [3.8, 4) is 10.4 Å². The fraction of sp³-hybridized carbons (Fsp3) is 0.385. The molecule has 1 aromatic heterocycles. The highest BCUT2D eigenvalue weighted by Gasteiger charge is 2.53. The van der Waals surface area contributed by atoms with Crippen molar-refractivity contribution in [1.82, 2.24) is 0 Å². The monoisotopic (exact) mass is 472 g/mol. The minimum atomic E-state index is -1.50. The van der Waals surface area contributed by atoms with Crippen molar-refractivity contribution in [1.29, 1.82) is 0 Å². The summed E-state index contributed by atoms with van der Waals surface area (Å²) >= 11 is 1.65. The lowest BCUT2D eigenvalue weighted by Gasteiger charge is -2.48. The zero-order valence-electron chi connectivity index (χ0n) is 18.9. The smallest absolute Gasteiger partial charge is 0.222 e. The average molecular weight is 473 g/mol. The Balaban J connectivity index is 1.65. The number of benzene rings is 2. The molecule has 3 aromatic rings. The molecule has 2 aromatic carbocycles. The minimum absolute atomic E-state index is 0.257. The lowest BCUT2D eigenvalue weighted by Crippen LogP contribution is -2.60. The van der Waals surface area contributed by atoms with Gasteiger partial charge < -0.3 is 24.8 Å². The number of ether oxygens (including phenoxy) is 2. The Morgan fingerprint density at radius 1 is 1.09 bits per heavy atom. The van der Waals surface area contributed by atoms with Gasteiger partial charge in [-0.05, 0) is 53.9 Å². The Morgan fingerprint density at radius 3 is 2.48 bits per heavy atom. The van der Waals surface area contributed by atoms with Crippen LogP contribution in [0.1, 0.15) is 28.5 Å². The fourth-order valence-electron chi connectivity index (χ4n) is 4.42. The number of halogens is 1. The Morgan fingerprint density at radius 2 is 1.82 bits per heavy atom. The van der Waals surface area contributed by atoms with Gasteiger partial charge in [0.2, 0.25) is 5.79 Å². The molecule has 5 atom stereocenters. The van der Waals surface area contributed by atoms with Gasteiger partial charge in [0.05, 0.1) is 12.7 Å². The molecule has 3 N–H and O–H groups in total. The van der Waals surface area contributed by atoms with Gasteiger partial charge in [-0.2, -0.15) is 0 Å². The van der Waals surface area contributed by atoms with E-state index < -0.39 is 30.0 Å². The largest absolute Gasteiger partial charge is 0.394 e. The van der Waals surface area contributed by atoms with Crippen LogP contribution in [0.2, 0.25) is 0 Å². The van der Waals surface area contributed by atoms with E-state index in [1.165, 1.54) is 19.2 Å². The van der Waals surface area contributed by atoms with Crippen molar-refractivity contribution in [3.05, 3.63) is 82.0 Å². The number of hydrogen-bond acceptors (Lipinski definition) is 6. The first-order valence-corrected chi connectivity index (χ1v) is 11.8. The summed E-state index contributed by atoms with van der Waals surface area (Å²) < 4.78 is 24.9. The van der Waals surface area contributed by atoms with Crippen LogP contribution in [0.3, 0.4) is 0 Å². The molecular weight excluding hydrogens is 443 g/mol. The van der Waals surface area contributed by atoms with Crippen molar-refractivity contribution in [2.45, 2.75) is 44.4 Å². The number of aliphatic hydroxyl groups excluding tert-OH is 3. The van der Waals surface area contributed by atoms with Gasteiger partial charge in [0.1, 0.15) is 18.0 Å². The van der Waals surface area contributed by atoms with E-state index in [-0.39, 0.29) is 12.4 Å². The molecular formula is C26H29FO5S. The van der Waals surface area contributed by atoms with E-state index in [1.807, 2.05) is 31.2 Å². The topological polar surface area (TPSA) is 79.2 Å². The average Bonchev–Trinajstić information content (AvgIpc) is 3.29. The molecule has 33 heavy (non-hydrogen) atoms. The van der Waals surface area contributed by atoms with Crippen molar-refractivity contribution < 1.29 is 29.2 Å². The predicted octanol–water partition coefficient (Wildman–Crippen LogP) is 4.00. The van der Waals surface area contributed by atoms with Crippen LogP contribution in [-0.4, -0.2) is 47.3 Å². The number of aliphatic hydroxyl groups is 3. The summed E-state index contributed by atoms with van der Waals surface area (Å²) in [6, 6.07) is 16.3. The van der Waals surface area contributed by atoms with Gasteiger partial charge in [-0.1, -0.05) is 31.2 Å². The van der Waals surface area contributed by atoms with E-state index in [9.17, 15) is 19.7 Å². The first-order chi connectivity index (χ1) is 15.8. The van der Waals surface area contributed by atoms with Crippen LogP contribution in [0.25, 0.3) is 10.4 Å². The summed E-state index contributed by atoms with van der Waals surface area (Å²) in [5, 5.41) is 31.1. The third-order valence-electron chi connectivity index (χ3n) is 6.52. The van der Waals surface area contributed by atoms with Crippen LogP contribution in [0.5, 0.6) is 0 Å². The molecule has 0 radical (unpaired) electrons. The van der Waals surface area contributed by atoms with E-state index in [0.717, 1.165) is 26.4 Å². The molecule has 1 aliphatic heterocycles. The predicted molar refractivity (Wildman–Crippen MR) is 126 cm³/mol. The van der Waals surface area contributed by atoms with Gasteiger partial charge in [-0.3, -0.25) is 0 Å². The van der Waals surface area contributed by atoms with Gasteiger partial charge in [-0.25, -0.2) is 4.39 Å². The molecule has 4 rings (SSSR count). The standard InChI is InChI=1S/C26H29FO5S/c1-15-4-7-19(26(31-3)25(30)16(2)24(29)22(14-28)32-26)12-18(15)13-21-10-11-23(33-21)17-5-8-20(27)9-6-17/h4-12,16,22,24-25,28-30H,13-14H2,1-3H3/t16-,22+,24-,25+,26?/m0/s1. The molecule has 1 unspecified atom stereocenters. The van der Waals surface area contributed by atoms with Gasteiger partial charge in [0.25, 0.3) is 0 Å². The number of hydrogen-bond donors (Lipinski definition) is 3. The van der Waals surface area contributed by atoms with Crippen molar-refractivity contribution >= 4 is 11.3 Å². The Bertz CT molecular complexity index is 1100. The van der Waals surface area contributed by atoms with E-state index in [1.54, 1.807) is 30.4 Å². The molecule has 176 valence electrons. The second-order valence-electron chi connectivity index (χ2n) is 8.60. The molecule has 1 fully saturated rings. The fourth-order valence-corrected chi connectivity index (χ4v) is 5.45. The summed E-state index contributed by atoms with van der Waals surface area (Å²) in [6.07, 6.45) is -2.33. The molecule has 2 heterocycles. The molecule has 1 aliphatic rings. The number of thiophene rings is 1. The second-order valence-corrected chi connectivity index (χ2v) is 9.76. The highest BCUT2D eigenvalue weighted by atomic mass is 32.1. The summed E-state index contributed by atoms with van der Waals surface area (Å²) in [6.45, 7) is 3.35. The molecule has 1 saturated heterocycles. The van der Waals surface area contributed by atoms with Crippen LogP contribution in [0, 0.1) is 18.7 Å². The SMILES string of the molecule is COC1(c2ccc(C)c(Cc3ccc(-c4ccc(F)cc4)s3)c2)O[C@H](CO)[C@@H](O)[C@H](C)[C@H]1O. The van der Waals surface area contributed by atoms with Crippen molar-refractivity contribution in [2.75, 3.05) is 13.7 Å². The third kappa shape index (κ3) is 4.49. The molecule has 0 aliphatic carbocycles. The molecule has 0 bridgehead atoms. The molecule has 0 saturated carbocycles. The molecule has 0 amide bonds. The molecule has 5 nitrogen and oxygen atoms in total. The van der Waals surface area contributed by atoms with Crippen LogP contribution >= 0.6 is 11.3 Å². The first kappa shape index (κ1) is 24.0. The van der Waals surface area contributed by atoms with Crippen LogP contribution in [0.4, 0.5) is 4.39 Å². The summed E-state index contributed by atoms with van der Waals surface area (Å²) in [4.78, 5) is 2.20. The Hall–Kier alpha value is -2.13. The maximum Gasteiger partial charge on any atom is 0.222 e. The Labute approximate surface area is 197 Å². The number of rotatable bonds is 6. The van der Waals surface area contributed by atoms with Crippen LogP contribution < -0.4 is 0 Å². The van der Waals surface area contributed by atoms with E-state index in [0.29, 0.717) is 12.0 Å². The van der Waals surface area contributed by atoms with Crippen molar-refractivity contribution in [2.24, 2.45) is 5.92 Å². The highest BCUT2D eigenvalue weighted by Crippen LogP contribution is 2.42. The third-order valence-corrected chi connectivity index (χ3v) is 7.66. The Kier molecular flexibility index (Phi) is 7.00. The van der Waals surface area contributed by atoms with Gasteiger partial charge in [-0.15, -0.1) is 11.3 Å². The summed E-state index contributed by atoms with van der Waals surface area (Å²) in [7, 11) is 1.45. The highest BCUT2D eigenvalue weighted by molar-refractivity contribution is 7.15. The van der Waals surface area contributed by atoms with Gasteiger partial charge >= 0.3 is 0 Å². The van der Waals surface area contributed by atoms with E-state index in [2.05, 4.69) is 6.07 Å². The van der Waals surface area contributed by atoms with E-state index >= 15 is 0 Å². The second kappa shape index (κ2) is 9.62. The minimum Gasteiger partial charge on any atom is -0.394 e. The van der Waals surface area contributed by atoms with Gasteiger partial charge in [0, 0.05) is 34.8 Å². The quantitative estimate of drug-likeness (QED) is 0.505. The lowest BCUT2D eigenvalue weighted by molar-refractivity contribution is -0.357. The maximum atomic E-state index is 13.2. The lowest BCUT2D eigenvalue weighted by atomic mass is 9.81. The normalized spacial score (nSPS) is 27.6. The molecule has 7 heteroatoms. The van der Waals surface area contributed by atoms with Crippen LogP contribution in [0.15, 0.2) is 54.6 Å². The number of aryl methyl sites for hydroxylation is 1. The molecule has 0 spiro atoms.